The molecule has 0 amide bonds. The molecule has 2 aromatic heterocycles. The molecule has 0 aliphatic carbocycles. The molecule has 126 valence electrons. The van der Waals surface area contributed by atoms with E-state index in [0.29, 0.717) is 44.4 Å². The molecule has 0 spiro atoms. The highest BCUT2D eigenvalue weighted by atomic mass is 32.1. The van der Waals surface area contributed by atoms with E-state index in [2.05, 4.69) is 4.98 Å². The Kier molecular flexibility index (Phi) is 3.58. The van der Waals surface area contributed by atoms with E-state index in [1.165, 1.54) is 17.4 Å². The molecule has 0 radical (unpaired) electrons. The van der Waals surface area contributed by atoms with E-state index < -0.39 is 0 Å². The first kappa shape index (κ1) is 15.5. The minimum Gasteiger partial charge on any atom is -0.497 e. The molecule has 0 aliphatic rings. The van der Waals surface area contributed by atoms with Crippen LogP contribution in [-0.4, -0.2) is 19.2 Å². The first-order valence-electron chi connectivity index (χ1n) is 7.45. The Labute approximate surface area is 146 Å². The second-order valence-electron chi connectivity index (χ2n) is 5.42. The van der Waals surface area contributed by atoms with Crippen LogP contribution in [0.4, 0.5) is 5.13 Å². The average molecular weight is 354 g/mol. The molecule has 2 heterocycles. The molecule has 0 atom stereocenters. The van der Waals surface area contributed by atoms with Gasteiger partial charge in [0.05, 0.1) is 29.8 Å². The van der Waals surface area contributed by atoms with Crippen molar-refractivity contribution in [1.29, 1.82) is 0 Å². The number of ether oxygens (including phenoxy) is 2. The second-order valence-corrected chi connectivity index (χ2v) is 6.45. The van der Waals surface area contributed by atoms with Crippen molar-refractivity contribution in [3.63, 3.8) is 0 Å². The van der Waals surface area contributed by atoms with Gasteiger partial charge in [-0.1, -0.05) is 11.3 Å². The van der Waals surface area contributed by atoms with E-state index >= 15 is 0 Å². The van der Waals surface area contributed by atoms with E-state index in [0.717, 1.165) is 4.70 Å². The van der Waals surface area contributed by atoms with Crippen LogP contribution in [0.3, 0.4) is 0 Å². The molecular formula is C18H14N2O4S. The van der Waals surface area contributed by atoms with Crippen LogP contribution in [0.1, 0.15) is 0 Å². The van der Waals surface area contributed by atoms with Gasteiger partial charge in [0.15, 0.2) is 10.6 Å². The third kappa shape index (κ3) is 2.58. The maximum atomic E-state index is 12.7. The van der Waals surface area contributed by atoms with Gasteiger partial charge in [0.2, 0.25) is 0 Å². The van der Waals surface area contributed by atoms with Crippen molar-refractivity contribution in [2.75, 3.05) is 20.0 Å². The topological polar surface area (TPSA) is 87.6 Å². The summed E-state index contributed by atoms with van der Waals surface area (Å²) in [5.41, 5.74) is 7.49. The Bertz CT molecular complexity index is 1140. The van der Waals surface area contributed by atoms with Gasteiger partial charge < -0.3 is 19.6 Å². The Morgan fingerprint density at radius 1 is 1.08 bits per heavy atom. The molecule has 0 aliphatic heterocycles. The largest absolute Gasteiger partial charge is 0.497 e. The minimum atomic E-state index is -0.146. The zero-order chi connectivity index (χ0) is 17.6. The number of nitrogens with two attached hydrogens (primary N) is 1. The summed E-state index contributed by atoms with van der Waals surface area (Å²) in [5.74, 6) is 1.66. The van der Waals surface area contributed by atoms with Crippen LogP contribution in [0.2, 0.25) is 0 Å². The number of aromatic nitrogens is 1. The average Bonchev–Trinajstić information content (AvgIpc) is 3.01. The van der Waals surface area contributed by atoms with Crippen LogP contribution in [0.5, 0.6) is 11.5 Å². The van der Waals surface area contributed by atoms with Crippen LogP contribution < -0.4 is 20.6 Å². The molecule has 6 nitrogen and oxygen atoms in total. The first-order chi connectivity index (χ1) is 12.1. The summed E-state index contributed by atoms with van der Waals surface area (Å²) in [7, 11) is 3.14. The maximum Gasteiger partial charge on any atom is 0.194 e. The summed E-state index contributed by atoms with van der Waals surface area (Å²) in [6.07, 6.45) is 0. The van der Waals surface area contributed by atoms with Crippen molar-refractivity contribution in [2.45, 2.75) is 0 Å². The lowest BCUT2D eigenvalue weighted by Gasteiger charge is -2.08. The van der Waals surface area contributed by atoms with Crippen molar-refractivity contribution in [1.82, 2.24) is 4.98 Å². The number of hydrogen-bond acceptors (Lipinski definition) is 7. The third-order valence-electron chi connectivity index (χ3n) is 3.90. The molecule has 4 rings (SSSR count). The normalized spacial score (nSPS) is 11.1. The number of nitrogen functional groups attached to an aromatic ring is 1. The lowest BCUT2D eigenvalue weighted by molar-refractivity contribution is 0.394. The fraction of sp³-hybridized carbons (Fsp3) is 0.111. The Morgan fingerprint density at radius 3 is 2.48 bits per heavy atom. The molecule has 25 heavy (non-hydrogen) atoms. The van der Waals surface area contributed by atoms with Crippen molar-refractivity contribution in [3.05, 3.63) is 46.6 Å². The first-order valence-corrected chi connectivity index (χ1v) is 8.27. The van der Waals surface area contributed by atoms with Crippen LogP contribution in [0.15, 0.2) is 45.6 Å². The van der Waals surface area contributed by atoms with E-state index in [1.54, 1.807) is 44.6 Å². The van der Waals surface area contributed by atoms with Gasteiger partial charge in [-0.25, -0.2) is 4.98 Å². The Hall–Kier alpha value is -3.06. The van der Waals surface area contributed by atoms with Gasteiger partial charge in [0.25, 0.3) is 0 Å². The molecule has 2 aromatic carbocycles. The summed E-state index contributed by atoms with van der Waals surface area (Å²) in [6.45, 7) is 0. The maximum absolute atomic E-state index is 12.7. The van der Waals surface area contributed by atoms with Gasteiger partial charge in [-0.15, -0.1) is 0 Å². The summed E-state index contributed by atoms with van der Waals surface area (Å²) in [4.78, 5) is 16.9. The summed E-state index contributed by atoms with van der Waals surface area (Å²) in [6, 6.07) is 10.3. The zero-order valence-corrected chi connectivity index (χ0v) is 14.3. The molecular weight excluding hydrogens is 340 g/mol. The number of thiazole rings is 1. The Balaban J connectivity index is 1.98. The molecule has 0 saturated heterocycles. The van der Waals surface area contributed by atoms with Crippen LogP contribution in [0.25, 0.3) is 32.5 Å². The lowest BCUT2D eigenvalue weighted by Crippen LogP contribution is -2.00. The van der Waals surface area contributed by atoms with Gasteiger partial charge in [0.1, 0.15) is 22.8 Å². The van der Waals surface area contributed by atoms with E-state index in [9.17, 15) is 4.79 Å². The predicted octanol–water partition coefficient (Wildman–Crippen LogP) is 3.67. The van der Waals surface area contributed by atoms with Crippen molar-refractivity contribution >= 4 is 37.7 Å². The number of hydrogen-bond donors (Lipinski definition) is 1. The SMILES string of the molecule is COc1cc(OC)cc(-c2cc(=O)c3c(ccc4nc(N)sc43)o2)c1. The second kappa shape index (κ2) is 5.78. The van der Waals surface area contributed by atoms with Crippen molar-refractivity contribution < 1.29 is 13.9 Å². The van der Waals surface area contributed by atoms with Crippen molar-refractivity contribution in [3.8, 4) is 22.8 Å². The number of benzene rings is 2. The molecule has 2 N–H and O–H groups in total. The summed E-state index contributed by atoms with van der Waals surface area (Å²) in [5, 5.41) is 0.911. The number of nitrogens with zero attached hydrogens (tertiary/aromatic N) is 1. The van der Waals surface area contributed by atoms with Crippen molar-refractivity contribution in [2.24, 2.45) is 0 Å². The highest BCUT2D eigenvalue weighted by Crippen LogP contribution is 2.33. The van der Waals surface area contributed by atoms with E-state index in [4.69, 9.17) is 19.6 Å². The van der Waals surface area contributed by atoms with Gasteiger partial charge in [0, 0.05) is 17.7 Å². The highest BCUT2D eigenvalue weighted by Gasteiger charge is 2.14. The molecule has 0 saturated carbocycles. The number of fused-ring (bicyclic) bond motifs is 3. The standard InChI is InChI=1S/C18H14N2O4S/c1-22-10-5-9(6-11(7-10)23-2)15-8-13(21)16-14(24-15)4-3-12-17(16)25-18(19)20-12/h3-8H,1-2H3,(H2,19,20). The van der Waals surface area contributed by atoms with Crippen LogP contribution in [0, 0.1) is 0 Å². The number of rotatable bonds is 3. The third-order valence-corrected chi connectivity index (χ3v) is 4.82. The number of anilines is 1. The van der Waals surface area contributed by atoms with Gasteiger partial charge in [-0.2, -0.15) is 0 Å². The fourth-order valence-corrected chi connectivity index (χ4v) is 3.62. The fourth-order valence-electron chi connectivity index (χ4n) is 2.74. The predicted molar refractivity (Wildman–Crippen MR) is 98.6 cm³/mol. The molecule has 0 unspecified atom stereocenters. The summed E-state index contributed by atoms with van der Waals surface area (Å²) >= 11 is 1.28. The molecule has 4 aromatic rings. The minimum absolute atomic E-state index is 0.146. The lowest BCUT2D eigenvalue weighted by atomic mass is 10.1. The van der Waals surface area contributed by atoms with E-state index in [-0.39, 0.29) is 5.43 Å². The number of methoxy groups -OCH3 is 2. The molecule has 0 fully saturated rings. The molecule has 7 heteroatoms. The van der Waals surface area contributed by atoms with Gasteiger partial charge in [-0.05, 0) is 24.3 Å². The molecule has 0 bridgehead atoms. The van der Waals surface area contributed by atoms with Crippen LogP contribution >= 0.6 is 11.3 Å². The smallest absolute Gasteiger partial charge is 0.194 e. The summed E-state index contributed by atoms with van der Waals surface area (Å²) < 4.78 is 17.3. The monoisotopic (exact) mass is 354 g/mol. The van der Waals surface area contributed by atoms with Gasteiger partial charge in [-0.3, -0.25) is 4.79 Å². The Morgan fingerprint density at radius 2 is 1.80 bits per heavy atom. The van der Waals surface area contributed by atoms with Gasteiger partial charge >= 0.3 is 0 Å². The van der Waals surface area contributed by atoms with Crippen LogP contribution in [-0.2, 0) is 0 Å². The quantitative estimate of drug-likeness (QED) is 0.604. The highest BCUT2D eigenvalue weighted by molar-refractivity contribution is 7.22. The zero-order valence-electron chi connectivity index (χ0n) is 13.5. The van der Waals surface area contributed by atoms with E-state index in [1.807, 2.05) is 0 Å².